The van der Waals surface area contributed by atoms with Crippen molar-refractivity contribution in [2.45, 2.75) is 26.3 Å². The first-order valence-electron chi connectivity index (χ1n) is 8.40. The number of carbonyl (C=O) groups is 1. The Hall–Kier alpha value is -3.09. The van der Waals surface area contributed by atoms with Gasteiger partial charge in [0.2, 0.25) is 0 Å². The van der Waals surface area contributed by atoms with E-state index in [4.69, 9.17) is 4.74 Å². The Labute approximate surface area is 151 Å². The van der Waals surface area contributed by atoms with E-state index in [1.54, 1.807) is 18.3 Å². The van der Waals surface area contributed by atoms with E-state index < -0.39 is 6.09 Å². The van der Waals surface area contributed by atoms with Crippen LogP contribution in [0.5, 0.6) is 5.75 Å². The van der Waals surface area contributed by atoms with Gasteiger partial charge in [-0.15, -0.1) is 0 Å². The predicted molar refractivity (Wildman–Crippen MR) is 98.3 cm³/mol. The van der Waals surface area contributed by atoms with Gasteiger partial charge in [0.1, 0.15) is 11.6 Å². The van der Waals surface area contributed by atoms with E-state index in [1.165, 1.54) is 13.2 Å². The number of benzene rings is 1. The average molecular weight is 356 g/mol. The molecule has 1 amide bonds. The fourth-order valence-electron chi connectivity index (χ4n) is 2.92. The summed E-state index contributed by atoms with van der Waals surface area (Å²) < 4.78 is 21.2. The van der Waals surface area contributed by atoms with Crippen molar-refractivity contribution in [3.8, 4) is 5.75 Å². The van der Waals surface area contributed by atoms with Crippen LogP contribution in [0.1, 0.15) is 30.5 Å². The predicted octanol–water partition coefficient (Wildman–Crippen LogP) is 3.90. The Kier molecular flexibility index (Phi) is 5.06. The van der Waals surface area contributed by atoms with Gasteiger partial charge in [-0.05, 0) is 43.2 Å². The Balaban J connectivity index is 1.93. The van der Waals surface area contributed by atoms with Gasteiger partial charge in [0, 0.05) is 30.4 Å². The van der Waals surface area contributed by atoms with Crippen LogP contribution in [0, 0.1) is 12.7 Å². The number of nitrogens with zero attached hydrogens (tertiary/aromatic N) is 2. The highest BCUT2D eigenvalue weighted by Crippen LogP contribution is 2.27. The lowest BCUT2D eigenvalue weighted by atomic mass is 10.1. The largest absolute Gasteiger partial charge is 0.412 e. The molecule has 0 bridgehead atoms. The third-order valence-corrected chi connectivity index (χ3v) is 4.27. The molecule has 0 aliphatic carbocycles. The molecule has 2 heterocycles. The number of aromatic nitrogens is 2. The maximum absolute atomic E-state index is 14.1. The van der Waals surface area contributed by atoms with Gasteiger partial charge in [0.05, 0.1) is 17.8 Å². The van der Waals surface area contributed by atoms with Crippen molar-refractivity contribution in [3.05, 3.63) is 59.8 Å². The van der Waals surface area contributed by atoms with Gasteiger partial charge in [-0.3, -0.25) is 9.66 Å². The average Bonchev–Trinajstić information content (AvgIpc) is 2.95. The fourth-order valence-corrected chi connectivity index (χ4v) is 2.92. The summed E-state index contributed by atoms with van der Waals surface area (Å²) in [6.45, 7) is 3.96. The minimum Gasteiger partial charge on any atom is -0.410 e. The fraction of sp³-hybridized carbons (Fsp3) is 0.263. The topological polar surface area (TPSA) is 68.2 Å². The first-order valence-corrected chi connectivity index (χ1v) is 8.40. The van der Waals surface area contributed by atoms with Crippen LogP contribution in [0.15, 0.2) is 42.9 Å². The van der Waals surface area contributed by atoms with Crippen LogP contribution in [0.4, 0.5) is 9.18 Å². The standard InChI is InChI=1S/C19H21FN4O2/c1-4-17(14-7-8-22-10-16(14)20)23-24-11-12(2)15-9-13(5-6-18(15)24)26-19(25)21-3/h5-11,17,23H,4H2,1-3H3,(H,21,25). The van der Waals surface area contributed by atoms with Crippen molar-refractivity contribution in [3.63, 3.8) is 0 Å². The van der Waals surface area contributed by atoms with Crippen LogP contribution in [-0.2, 0) is 0 Å². The summed E-state index contributed by atoms with van der Waals surface area (Å²) in [5.74, 6) is 0.131. The Bertz CT molecular complexity index is 938. The van der Waals surface area contributed by atoms with Gasteiger partial charge in [-0.2, -0.15) is 0 Å². The molecule has 1 unspecified atom stereocenters. The van der Waals surface area contributed by atoms with Crippen molar-refractivity contribution in [1.29, 1.82) is 0 Å². The molecule has 1 atom stereocenters. The maximum atomic E-state index is 14.1. The number of halogens is 1. The second-order valence-corrected chi connectivity index (χ2v) is 5.99. The Morgan fingerprint density at radius 3 is 2.88 bits per heavy atom. The lowest BCUT2D eigenvalue weighted by molar-refractivity contribution is 0.203. The summed E-state index contributed by atoms with van der Waals surface area (Å²) in [7, 11) is 1.51. The summed E-state index contributed by atoms with van der Waals surface area (Å²) in [5, 5.41) is 3.37. The number of carbonyl (C=O) groups excluding carboxylic acids is 1. The second-order valence-electron chi connectivity index (χ2n) is 5.99. The molecule has 0 aliphatic heterocycles. The molecule has 0 spiro atoms. The number of rotatable bonds is 5. The van der Waals surface area contributed by atoms with Crippen molar-refractivity contribution >= 4 is 17.0 Å². The van der Waals surface area contributed by atoms with Gasteiger partial charge in [-0.1, -0.05) is 6.92 Å². The quantitative estimate of drug-likeness (QED) is 0.728. The van der Waals surface area contributed by atoms with Crippen LogP contribution in [0.25, 0.3) is 10.9 Å². The van der Waals surface area contributed by atoms with E-state index in [9.17, 15) is 9.18 Å². The minimum atomic E-state index is -0.515. The molecule has 0 saturated heterocycles. The van der Waals surface area contributed by atoms with Crippen LogP contribution in [-0.4, -0.2) is 22.8 Å². The van der Waals surface area contributed by atoms with E-state index in [2.05, 4.69) is 15.7 Å². The van der Waals surface area contributed by atoms with Crippen molar-refractivity contribution in [2.75, 3.05) is 12.5 Å². The number of pyridine rings is 1. The zero-order chi connectivity index (χ0) is 18.7. The van der Waals surface area contributed by atoms with Crippen molar-refractivity contribution in [2.24, 2.45) is 0 Å². The molecular weight excluding hydrogens is 335 g/mol. The number of aryl methyl sites for hydroxylation is 1. The Morgan fingerprint density at radius 1 is 1.38 bits per heavy atom. The smallest absolute Gasteiger partial charge is 0.410 e. The molecule has 6 nitrogen and oxygen atoms in total. The lowest BCUT2D eigenvalue weighted by Crippen LogP contribution is -2.22. The first kappa shape index (κ1) is 17.7. The van der Waals surface area contributed by atoms with Crippen LogP contribution in [0.3, 0.4) is 0 Å². The van der Waals surface area contributed by atoms with Crippen molar-refractivity contribution in [1.82, 2.24) is 15.0 Å². The number of amides is 1. The monoisotopic (exact) mass is 356 g/mol. The molecule has 0 saturated carbocycles. The van der Waals surface area contributed by atoms with E-state index in [1.807, 2.05) is 36.9 Å². The molecule has 2 aromatic heterocycles. The first-order chi connectivity index (χ1) is 12.5. The molecule has 26 heavy (non-hydrogen) atoms. The highest BCUT2D eigenvalue weighted by molar-refractivity contribution is 5.86. The number of nitrogens with one attached hydrogen (secondary N) is 2. The number of fused-ring (bicyclic) bond motifs is 1. The van der Waals surface area contributed by atoms with Crippen LogP contribution < -0.4 is 15.5 Å². The van der Waals surface area contributed by atoms with Crippen molar-refractivity contribution < 1.29 is 13.9 Å². The SMILES string of the molecule is CCC(Nn1cc(C)c2cc(OC(=O)NC)ccc21)c1ccncc1F. The van der Waals surface area contributed by atoms with Gasteiger partial charge >= 0.3 is 6.09 Å². The molecule has 0 aliphatic rings. The van der Waals surface area contributed by atoms with Gasteiger partial charge in [0.15, 0.2) is 0 Å². The number of ether oxygens (including phenoxy) is 1. The molecule has 0 radical (unpaired) electrons. The maximum Gasteiger partial charge on any atom is 0.412 e. The van der Waals surface area contributed by atoms with E-state index in [0.29, 0.717) is 17.7 Å². The molecule has 1 aromatic carbocycles. The lowest BCUT2D eigenvalue weighted by Gasteiger charge is -2.20. The summed E-state index contributed by atoms with van der Waals surface area (Å²) in [6, 6.07) is 6.89. The summed E-state index contributed by atoms with van der Waals surface area (Å²) in [5.41, 5.74) is 5.85. The molecule has 3 rings (SSSR count). The molecule has 3 aromatic rings. The highest BCUT2D eigenvalue weighted by Gasteiger charge is 2.16. The molecule has 0 fully saturated rings. The van der Waals surface area contributed by atoms with Gasteiger partial charge in [0.25, 0.3) is 0 Å². The van der Waals surface area contributed by atoms with E-state index in [0.717, 1.165) is 16.5 Å². The third-order valence-electron chi connectivity index (χ3n) is 4.27. The highest BCUT2D eigenvalue weighted by atomic mass is 19.1. The molecule has 136 valence electrons. The second kappa shape index (κ2) is 7.43. The molecule has 7 heteroatoms. The normalized spacial score (nSPS) is 12.0. The van der Waals surface area contributed by atoms with Crippen LogP contribution >= 0.6 is 0 Å². The minimum absolute atomic E-state index is 0.199. The summed E-state index contributed by atoms with van der Waals surface area (Å²) in [4.78, 5) is 15.2. The summed E-state index contributed by atoms with van der Waals surface area (Å²) in [6.07, 6.45) is 4.94. The number of hydrogen-bond donors (Lipinski definition) is 2. The van der Waals surface area contributed by atoms with E-state index in [-0.39, 0.29) is 11.9 Å². The molecule has 2 N–H and O–H groups in total. The van der Waals surface area contributed by atoms with Gasteiger partial charge < -0.3 is 15.5 Å². The zero-order valence-corrected chi connectivity index (χ0v) is 14.9. The van der Waals surface area contributed by atoms with Crippen LogP contribution in [0.2, 0.25) is 0 Å². The third kappa shape index (κ3) is 3.46. The molecular formula is C19H21FN4O2. The Morgan fingerprint density at radius 2 is 2.19 bits per heavy atom. The zero-order valence-electron chi connectivity index (χ0n) is 14.9. The van der Waals surface area contributed by atoms with Gasteiger partial charge in [-0.25, -0.2) is 9.18 Å². The number of hydrogen-bond acceptors (Lipinski definition) is 4. The summed E-state index contributed by atoms with van der Waals surface area (Å²) >= 11 is 0. The van der Waals surface area contributed by atoms with E-state index >= 15 is 0 Å².